The predicted octanol–water partition coefficient (Wildman–Crippen LogP) is 14.5. The van der Waals surface area contributed by atoms with Crippen LogP contribution in [0.2, 0.25) is 0 Å². The van der Waals surface area contributed by atoms with Crippen molar-refractivity contribution in [1.82, 2.24) is 14.5 Å². The molecule has 4 heterocycles. The van der Waals surface area contributed by atoms with E-state index in [9.17, 15) is 0 Å². The molecule has 0 radical (unpaired) electrons. The zero-order chi connectivity index (χ0) is 37.5. The third-order valence-electron chi connectivity index (χ3n) is 11.2. The van der Waals surface area contributed by atoms with Crippen molar-refractivity contribution in [2.45, 2.75) is 0 Å². The van der Waals surface area contributed by atoms with Crippen LogP contribution in [0.4, 0.5) is 0 Å². The second kappa shape index (κ2) is 12.6. The Morgan fingerprint density at radius 2 is 1.02 bits per heavy atom. The summed E-state index contributed by atoms with van der Waals surface area (Å²) in [5.74, 6) is 0.715. The molecule has 0 aliphatic heterocycles. The number of thiophene rings is 1. The molecular weight excluding hydrogens is 715 g/mol. The Morgan fingerprint density at radius 3 is 1.84 bits per heavy atom. The molecule has 0 saturated heterocycles. The van der Waals surface area contributed by atoms with Crippen LogP contribution in [-0.4, -0.2) is 14.5 Å². The maximum atomic E-state index is 6.31. The van der Waals surface area contributed by atoms with E-state index in [1.807, 2.05) is 47.7 Å². The first-order valence-corrected chi connectivity index (χ1v) is 20.0. The van der Waals surface area contributed by atoms with Crippen LogP contribution in [0.25, 0.3) is 115 Å². The van der Waals surface area contributed by atoms with E-state index >= 15 is 0 Å². The zero-order valence-electron chi connectivity index (χ0n) is 30.6. The first-order chi connectivity index (χ1) is 28.2. The summed E-state index contributed by atoms with van der Waals surface area (Å²) in [5.41, 5.74) is 12.6. The molecule has 4 nitrogen and oxygen atoms in total. The Hall–Kier alpha value is -7.34. The minimum atomic E-state index is 0.715. The van der Waals surface area contributed by atoms with Crippen LogP contribution >= 0.6 is 11.3 Å². The first-order valence-electron chi connectivity index (χ1n) is 19.1. The fourth-order valence-electron chi connectivity index (χ4n) is 8.54. The standard InChI is InChI=1S/C52H31N3OS/c1-4-13-32(14-5-1)44-31-45(54-52(53-44)33-15-6-2-7-16-33)43-21-12-20-41-42-28-27-40-37-25-23-34(35-24-26-39-38-19-10-11-22-47(38)56-48(39)30-35)29-46(37)55(36-17-8-3-9-18-36)49(40)51(42)57-50(41)43/h1-31H. The van der Waals surface area contributed by atoms with Gasteiger partial charge in [0.25, 0.3) is 0 Å². The summed E-state index contributed by atoms with van der Waals surface area (Å²) in [5, 5.41) is 7.18. The summed E-state index contributed by atoms with van der Waals surface area (Å²) in [6, 6.07) is 66.5. The van der Waals surface area contributed by atoms with Crippen LogP contribution in [0.5, 0.6) is 0 Å². The van der Waals surface area contributed by atoms with E-state index in [4.69, 9.17) is 14.4 Å². The number of aromatic nitrogens is 3. The van der Waals surface area contributed by atoms with Crippen LogP contribution < -0.4 is 0 Å². The van der Waals surface area contributed by atoms with Gasteiger partial charge in [-0.05, 0) is 53.6 Å². The molecule has 0 aliphatic carbocycles. The van der Waals surface area contributed by atoms with Gasteiger partial charge in [-0.3, -0.25) is 0 Å². The van der Waals surface area contributed by atoms with Crippen molar-refractivity contribution in [3.8, 4) is 50.7 Å². The van der Waals surface area contributed by atoms with Crippen molar-refractivity contribution in [1.29, 1.82) is 0 Å². The van der Waals surface area contributed by atoms with Gasteiger partial charge in [0, 0.05) is 59.4 Å². The second-order valence-corrected chi connectivity index (χ2v) is 15.5. The molecule has 5 heteroatoms. The lowest BCUT2D eigenvalue weighted by Gasteiger charge is -2.10. The fraction of sp³-hybridized carbons (Fsp3) is 0. The fourth-order valence-corrected chi connectivity index (χ4v) is 9.90. The highest BCUT2D eigenvalue weighted by Gasteiger charge is 2.21. The van der Waals surface area contributed by atoms with Crippen molar-refractivity contribution in [2.24, 2.45) is 0 Å². The molecule has 8 aromatic carbocycles. The van der Waals surface area contributed by atoms with E-state index in [1.165, 1.54) is 42.0 Å². The molecule has 0 bridgehead atoms. The van der Waals surface area contributed by atoms with Gasteiger partial charge in [-0.25, -0.2) is 9.97 Å². The van der Waals surface area contributed by atoms with Crippen molar-refractivity contribution in [3.63, 3.8) is 0 Å². The highest BCUT2D eigenvalue weighted by Crippen LogP contribution is 2.46. The largest absolute Gasteiger partial charge is 0.456 e. The first kappa shape index (κ1) is 32.0. The van der Waals surface area contributed by atoms with E-state index in [0.29, 0.717) is 5.82 Å². The quantitative estimate of drug-likeness (QED) is 0.176. The maximum absolute atomic E-state index is 6.31. The molecule has 0 fully saturated rings. The molecule has 0 spiro atoms. The van der Waals surface area contributed by atoms with Gasteiger partial charge in [0.15, 0.2) is 5.82 Å². The molecule has 0 aliphatic rings. The summed E-state index contributed by atoms with van der Waals surface area (Å²) >= 11 is 1.85. The molecule has 12 rings (SSSR count). The van der Waals surface area contributed by atoms with Gasteiger partial charge in [-0.1, -0.05) is 146 Å². The summed E-state index contributed by atoms with van der Waals surface area (Å²) in [6.45, 7) is 0. The Morgan fingerprint density at radius 1 is 0.404 bits per heavy atom. The minimum absolute atomic E-state index is 0.715. The third-order valence-corrected chi connectivity index (χ3v) is 12.5. The molecule has 0 N–H and O–H groups in total. The van der Waals surface area contributed by atoms with Crippen molar-refractivity contribution in [2.75, 3.05) is 0 Å². The monoisotopic (exact) mass is 745 g/mol. The number of nitrogens with zero attached hydrogens (tertiary/aromatic N) is 3. The molecule has 12 aromatic rings. The number of hydrogen-bond donors (Lipinski definition) is 0. The van der Waals surface area contributed by atoms with E-state index in [0.717, 1.165) is 66.8 Å². The molecule has 266 valence electrons. The molecule has 4 aromatic heterocycles. The highest BCUT2D eigenvalue weighted by molar-refractivity contribution is 7.27. The highest BCUT2D eigenvalue weighted by atomic mass is 32.1. The van der Waals surface area contributed by atoms with Gasteiger partial charge in [0.05, 0.1) is 27.1 Å². The maximum Gasteiger partial charge on any atom is 0.160 e. The average molecular weight is 746 g/mol. The number of para-hydroxylation sites is 2. The van der Waals surface area contributed by atoms with E-state index in [1.54, 1.807) is 0 Å². The number of furan rings is 1. The van der Waals surface area contributed by atoms with Crippen LogP contribution in [0.1, 0.15) is 0 Å². The summed E-state index contributed by atoms with van der Waals surface area (Å²) in [6.07, 6.45) is 0. The van der Waals surface area contributed by atoms with Crippen molar-refractivity contribution < 1.29 is 4.42 Å². The van der Waals surface area contributed by atoms with Crippen molar-refractivity contribution in [3.05, 3.63) is 188 Å². The normalized spacial score (nSPS) is 11.9. The SMILES string of the molecule is c1ccc(-c2cc(-c3cccc4c3sc3c4ccc4c5ccc(-c6ccc7c(c6)oc6ccccc67)cc5n(-c5ccccc5)c43)nc(-c3ccccc3)n2)cc1. The van der Waals surface area contributed by atoms with Gasteiger partial charge < -0.3 is 8.98 Å². The Kier molecular flexibility index (Phi) is 7.06. The summed E-state index contributed by atoms with van der Waals surface area (Å²) in [4.78, 5) is 10.3. The lowest BCUT2D eigenvalue weighted by atomic mass is 10.0. The van der Waals surface area contributed by atoms with Gasteiger partial charge >= 0.3 is 0 Å². The van der Waals surface area contributed by atoms with Gasteiger partial charge in [0.1, 0.15) is 11.2 Å². The van der Waals surface area contributed by atoms with Gasteiger partial charge in [-0.15, -0.1) is 11.3 Å². The van der Waals surface area contributed by atoms with Crippen LogP contribution in [0.3, 0.4) is 0 Å². The van der Waals surface area contributed by atoms with E-state index in [-0.39, 0.29) is 0 Å². The number of fused-ring (bicyclic) bond motifs is 10. The number of hydrogen-bond acceptors (Lipinski definition) is 4. The summed E-state index contributed by atoms with van der Waals surface area (Å²) < 4.78 is 11.2. The molecule has 0 unspecified atom stereocenters. The van der Waals surface area contributed by atoms with Gasteiger partial charge in [0.2, 0.25) is 0 Å². The predicted molar refractivity (Wildman–Crippen MR) is 238 cm³/mol. The van der Waals surface area contributed by atoms with Crippen LogP contribution in [0, 0.1) is 0 Å². The van der Waals surface area contributed by atoms with Crippen LogP contribution in [0.15, 0.2) is 192 Å². The summed E-state index contributed by atoms with van der Waals surface area (Å²) in [7, 11) is 0. The molecule has 57 heavy (non-hydrogen) atoms. The third kappa shape index (κ3) is 5.06. The molecule has 0 atom stereocenters. The van der Waals surface area contributed by atoms with E-state index < -0.39 is 0 Å². The van der Waals surface area contributed by atoms with Gasteiger partial charge in [-0.2, -0.15) is 0 Å². The van der Waals surface area contributed by atoms with Crippen molar-refractivity contribution >= 4 is 75.3 Å². The topological polar surface area (TPSA) is 43.9 Å². The zero-order valence-corrected chi connectivity index (χ0v) is 31.4. The minimum Gasteiger partial charge on any atom is -0.456 e. The Labute approximate surface area is 331 Å². The molecule has 0 saturated carbocycles. The van der Waals surface area contributed by atoms with E-state index in [2.05, 4.69) is 156 Å². The second-order valence-electron chi connectivity index (χ2n) is 14.5. The van der Waals surface area contributed by atoms with Crippen LogP contribution in [-0.2, 0) is 0 Å². The number of rotatable bonds is 5. The average Bonchev–Trinajstić information content (AvgIpc) is 3.96. The lowest BCUT2D eigenvalue weighted by Crippen LogP contribution is -1.95. The lowest BCUT2D eigenvalue weighted by molar-refractivity contribution is 0.669. The molecular formula is C52H31N3OS. The smallest absolute Gasteiger partial charge is 0.160 e. The Bertz CT molecular complexity index is 3450. The Balaban J connectivity index is 1.10. The molecule has 0 amide bonds. The number of benzene rings is 8.